The number of hydrogen-bond donors (Lipinski definition) is 3. The van der Waals surface area contributed by atoms with E-state index in [1.54, 1.807) is 0 Å². The van der Waals surface area contributed by atoms with Crippen LogP contribution < -0.4 is 4.74 Å². The van der Waals surface area contributed by atoms with Gasteiger partial charge in [0.05, 0.1) is 22.6 Å². The van der Waals surface area contributed by atoms with Crippen LogP contribution in [0.1, 0.15) is 60.0 Å². The van der Waals surface area contributed by atoms with E-state index < -0.39 is 36.1 Å². The number of carboxylic acid groups (broad SMARTS) is 1. The number of nitrogens with zero attached hydrogens (tertiary/aromatic N) is 4. The standard InChI is InChI=1S/C25H21F3N4O5/c1-25(2,36)23-29-9-11(10-30-23)13-6-16-15(7-14(13)26)31-21-18(33)8-17(32(16)21)20-12(22(34)35)4-3-5-19(20)37-24(27)28/h3-7,9-10,17-18,24,33,36H,8H2,1-2H3,(H,34,35)/t17-,18+/m1/s1. The fourth-order valence-corrected chi connectivity index (χ4v) is 4.64. The van der Waals surface area contributed by atoms with E-state index in [1.807, 2.05) is 0 Å². The first-order valence-corrected chi connectivity index (χ1v) is 11.2. The lowest BCUT2D eigenvalue weighted by Gasteiger charge is -2.21. The van der Waals surface area contributed by atoms with E-state index in [4.69, 9.17) is 0 Å². The Kier molecular flexibility index (Phi) is 5.88. The number of imidazole rings is 1. The Morgan fingerprint density at radius 1 is 1.22 bits per heavy atom. The summed E-state index contributed by atoms with van der Waals surface area (Å²) in [6.45, 7) is -0.187. The molecule has 2 aromatic heterocycles. The molecule has 2 atom stereocenters. The van der Waals surface area contributed by atoms with Gasteiger partial charge in [-0.25, -0.2) is 24.1 Å². The molecule has 192 valence electrons. The normalized spacial score (nSPS) is 17.4. The van der Waals surface area contributed by atoms with Gasteiger partial charge in [-0.3, -0.25) is 0 Å². The van der Waals surface area contributed by atoms with Crippen LogP contribution in [-0.4, -0.2) is 47.4 Å². The lowest BCUT2D eigenvalue weighted by molar-refractivity contribution is -0.0508. The third-order valence-electron chi connectivity index (χ3n) is 6.22. The van der Waals surface area contributed by atoms with Crippen molar-refractivity contribution in [1.82, 2.24) is 19.5 Å². The van der Waals surface area contributed by atoms with Gasteiger partial charge in [0.2, 0.25) is 0 Å². The number of hydrogen-bond acceptors (Lipinski definition) is 7. The molecule has 2 aromatic carbocycles. The molecule has 0 aliphatic carbocycles. The van der Waals surface area contributed by atoms with Gasteiger partial charge >= 0.3 is 12.6 Å². The van der Waals surface area contributed by atoms with Crippen LogP contribution in [0.25, 0.3) is 22.2 Å². The van der Waals surface area contributed by atoms with Crippen LogP contribution >= 0.6 is 0 Å². The number of carboxylic acids is 1. The SMILES string of the molecule is CC(C)(O)c1ncc(-c2cc3c(cc2F)nc2n3[C@@H](c3c(OC(F)F)cccc3C(=O)O)C[C@@H]2O)cn1. The van der Waals surface area contributed by atoms with Crippen molar-refractivity contribution in [2.75, 3.05) is 0 Å². The third-order valence-corrected chi connectivity index (χ3v) is 6.22. The van der Waals surface area contributed by atoms with Crippen molar-refractivity contribution in [3.05, 3.63) is 71.3 Å². The summed E-state index contributed by atoms with van der Waals surface area (Å²) < 4.78 is 47.6. The Labute approximate surface area is 207 Å². The average Bonchev–Trinajstić information content (AvgIpc) is 3.34. The highest BCUT2D eigenvalue weighted by molar-refractivity contribution is 5.91. The highest BCUT2D eigenvalue weighted by Gasteiger charge is 2.38. The lowest BCUT2D eigenvalue weighted by Crippen LogP contribution is -2.19. The van der Waals surface area contributed by atoms with Crippen molar-refractivity contribution in [2.45, 2.75) is 44.6 Å². The number of benzene rings is 2. The molecule has 0 radical (unpaired) electrons. The molecule has 3 heterocycles. The highest BCUT2D eigenvalue weighted by atomic mass is 19.3. The molecule has 0 unspecified atom stereocenters. The number of aromatic carboxylic acids is 1. The van der Waals surface area contributed by atoms with Crippen molar-refractivity contribution in [2.24, 2.45) is 0 Å². The molecule has 3 N–H and O–H groups in total. The fourth-order valence-electron chi connectivity index (χ4n) is 4.64. The maximum Gasteiger partial charge on any atom is 0.387 e. The van der Waals surface area contributed by atoms with Crippen LogP contribution in [0, 0.1) is 5.82 Å². The second kappa shape index (κ2) is 8.82. The maximum atomic E-state index is 15.1. The van der Waals surface area contributed by atoms with E-state index >= 15 is 4.39 Å². The number of aliphatic hydroxyl groups is 2. The summed E-state index contributed by atoms with van der Waals surface area (Å²) in [7, 11) is 0. The van der Waals surface area contributed by atoms with Gasteiger partial charge < -0.3 is 24.6 Å². The van der Waals surface area contributed by atoms with Crippen molar-refractivity contribution < 1.29 is 38.0 Å². The number of halogens is 3. The monoisotopic (exact) mass is 514 g/mol. The number of alkyl halides is 2. The Bertz CT molecular complexity index is 1520. The minimum absolute atomic E-state index is 0.0573. The van der Waals surface area contributed by atoms with E-state index in [1.165, 1.54) is 55.1 Å². The lowest BCUT2D eigenvalue weighted by atomic mass is 9.96. The Hall–Kier alpha value is -4.03. The first-order valence-electron chi connectivity index (χ1n) is 11.2. The molecule has 1 aliphatic heterocycles. The molecule has 0 saturated heterocycles. The molecule has 0 fully saturated rings. The smallest absolute Gasteiger partial charge is 0.387 e. The first kappa shape index (κ1) is 24.7. The Morgan fingerprint density at radius 3 is 2.54 bits per heavy atom. The van der Waals surface area contributed by atoms with Gasteiger partial charge in [-0.2, -0.15) is 8.78 Å². The van der Waals surface area contributed by atoms with Gasteiger partial charge in [0.25, 0.3) is 0 Å². The summed E-state index contributed by atoms with van der Waals surface area (Å²) in [5.74, 6) is -2.09. The van der Waals surface area contributed by atoms with Crippen molar-refractivity contribution in [3.8, 4) is 16.9 Å². The zero-order chi connectivity index (χ0) is 26.6. The molecule has 4 aromatic rings. The largest absolute Gasteiger partial charge is 0.478 e. The number of aliphatic hydroxyl groups excluding tert-OH is 1. The first-order chi connectivity index (χ1) is 17.5. The van der Waals surface area contributed by atoms with Crippen LogP contribution in [0.4, 0.5) is 13.2 Å². The molecule has 0 amide bonds. The zero-order valence-corrected chi connectivity index (χ0v) is 19.6. The van der Waals surface area contributed by atoms with Crippen LogP contribution in [0.5, 0.6) is 5.75 Å². The predicted molar refractivity (Wildman–Crippen MR) is 124 cm³/mol. The van der Waals surface area contributed by atoms with Crippen molar-refractivity contribution in [3.63, 3.8) is 0 Å². The van der Waals surface area contributed by atoms with E-state index in [0.717, 1.165) is 6.07 Å². The van der Waals surface area contributed by atoms with Gasteiger partial charge in [0.1, 0.15) is 29.1 Å². The molecule has 0 bridgehead atoms. The van der Waals surface area contributed by atoms with Crippen LogP contribution in [-0.2, 0) is 5.60 Å². The molecule has 1 aliphatic rings. The molecular formula is C25H21F3N4O5. The zero-order valence-electron chi connectivity index (χ0n) is 19.6. The molecule has 5 rings (SSSR count). The topological polar surface area (TPSA) is 131 Å². The summed E-state index contributed by atoms with van der Waals surface area (Å²) in [6.07, 6.45) is 1.48. The minimum Gasteiger partial charge on any atom is -0.478 e. The summed E-state index contributed by atoms with van der Waals surface area (Å²) in [5.41, 5.74) is -0.731. The van der Waals surface area contributed by atoms with Gasteiger partial charge in [0.15, 0.2) is 5.82 Å². The number of ether oxygens (including phenoxy) is 1. The van der Waals surface area contributed by atoms with E-state index in [9.17, 15) is 28.9 Å². The van der Waals surface area contributed by atoms with Crippen LogP contribution in [0.15, 0.2) is 42.7 Å². The molecule has 37 heavy (non-hydrogen) atoms. The second-order valence-corrected chi connectivity index (χ2v) is 9.18. The number of rotatable bonds is 6. The summed E-state index contributed by atoms with van der Waals surface area (Å²) in [5, 5.41) is 30.6. The highest BCUT2D eigenvalue weighted by Crippen LogP contribution is 2.46. The molecule has 12 heteroatoms. The van der Waals surface area contributed by atoms with Crippen molar-refractivity contribution in [1.29, 1.82) is 0 Å². The summed E-state index contributed by atoms with van der Waals surface area (Å²) in [6, 6.07) is 5.43. The molecule has 9 nitrogen and oxygen atoms in total. The van der Waals surface area contributed by atoms with Crippen LogP contribution in [0.3, 0.4) is 0 Å². The van der Waals surface area contributed by atoms with Gasteiger partial charge in [-0.1, -0.05) is 6.07 Å². The average molecular weight is 514 g/mol. The number of aromatic nitrogens is 4. The van der Waals surface area contributed by atoms with Crippen LogP contribution in [0.2, 0.25) is 0 Å². The minimum atomic E-state index is -3.21. The number of fused-ring (bicyclic) bond motifs is 3. The molecular weight excluding hydrogens is 493 g/mol. The quantitative estimate of drug-likeness (QED) is 0.349. The summed E-state index contributed by atoms with van der Waals surface area (Å²) in [4.78, 5) is 24.5. The van der Waals surface area contributed by atoms with Gasteiger partial charge in [-0.05, 0) is 32.0 Å². The Balaban J connectivity index is 1.70. The predicted octanol–water partition coefficient (Wildman–Crippen LogP) is 4.19. The maximum absolute atomic E-state index is 15.1. The second-order valence-electron chi connectivity index (χ2n) is 9.18. The van der Waals surface area contributed by atoms with Gasteiger partial charge in [-0.15, -0.1) is 0 Å². The van der Waals surface area contributed by atoms with Crippen molar-refractivity contribution >= 4 is 17.0 Å². The Morgan fingerprint density at radius 2 is 1.92 bits per heavy atom. The van der Waals surface area contributed by atoms with E-state index in [0.29, 0.717) is 11.1 Å². The van der Waals surface area contributed by atoms with Gasteiger partial charge in [0, 0.05) is 41.6 Å². The summed E-state index contributed by atoms with van der Waals surface area (Å²) >= 11 is 0. The third kappa shape index (κ3) is 4.27. The van der Waals surface area contributed by atoms with E-state index in [2.05, 4.69) is 19.7 Å². The molecule has 0 spiro atoms. The van der Waals surface area contributed by atoms with E-state index in [-0.39, 0.29) is 46.0 Å². The number of carbonyl (C=O) groups is 1. The fraction of sp³-hybridized carbons (Fsp3) is 0.280. The molecule has 0 saturated carbocycles.